The van der Waals surface area contributed by atoms with E-state index in [9.17, 15) is 14.4 Å². The van der Waals surface area contributed by atoms with Gasteiger partial charge in [0.1, 0.15) is 13.2 Å². The normalized spacial score (nSPS) is 13.0. The van der Waals surface area contributed by atoms with Crippen LogP contribution in [0.3, 0.4) is 0 Å². The maximum atomic E-state index is 12.7. The molecule has 0 aromatic carbocycles. The standard InChI is InChI=1S/C55H88O6/c1-4-7-10-13-16-19-22-25-26-27-28-29-31-33-36-39-42-45-48-54(57)60-51-52(50-59-53(56)47-44-41-38-35-32-24-21-18-15-12-9-6-3)61-55(58)49-46-43-40-37-34-30-23-20-17-14-11-8-5-2/h8-9,11-12,14,17-18,20-21,23,26-30,34,37,40,52H,4-7,10,13,15-16,19,22,24-25,31-33,35-36,38-39,41-51H2,1-3H3/b11-8-,12-9-,17-14-,21-18-,23-20-,27-26-,29-28-,34-30-,40-37-. The van der Waals surface area contributed by atoms with E-state index in [4.69, 9.17) is 14.2 Å². The van der Waals surface area contributed by atoms with Crippen molar-refractivity contribution in [2.45, 2.75) is 207 Å². The summed E-state index contributed by atoms with van der Waals surface area (Å²) in [7, 11) is 0. The minimum Gasteiger partial charge on any atom is -0.462 e. The maximum absolute atomic E-state index is 12.7. The van der Waals surface area contributed by atoms with Crippen molar-refractivity contribution in [3.8, 4) is 0 Å². The molecule has 344 valence electrons. The number of hydrogen-bond donors (Lipinski definition) is 0. The Labute approximate surface area is 374 Å². The first-order valence-corrected chi connectivity index (χ1v) is 24.5. The zero-order chi connectivity index (χ0) is 44.4. The van der Waals surface area contributed by atoms with Crippen molar-refractivity contribution in [3.63, 3.8) is 0 Å². The summed E-state index contributed by atoms with van der Waals surface area (Å²) in [5.41, 5.74) is 0. The van der Waals surface area contributed by atoms with Crippen LogP contribution in [0.4, 0.5) is 0 Å². The molecule has 0 aliphatic rings. The van der Waals surface area contributed by atoms with Crippen molar-refractivity contribution >= 4 is 17.9 Å². The molecule has 0 radical (unpaired) electrons. The summed E-state index contributed by atoms with van der Waals surface area (Å²) < 4.78 is 16.7. The van der Waals surface area contributed by atoms with Gasteiger partial charge in [-0.3, -0.25) is 14.4 Å². The number of ether oxygens (including phenoxy) is 3. The highest BCUT2D eigenvalue weighted by atomic mass is 16.6. The molecule has 0 heterocycles. The lowest BCUT2D eigenvalue weighted by atomic mass is 10.1. The van der Waals surface area contributed by atoms with Crippen LogP contribution in [0.2, 0.25) is 0 Å². The van der Waals surface area contributed by atoms with Gasteiger partial charge in [-0.15, -0.1) is 0 Å². The lowest BCUT2D eigenvalue weighted by molar-refractivity contribution is -0.167. The van der Waals surface area contributed by atoms with Gasteiger partial charge in [0, 0.05) is 19.3 Å². The van der Waals surface area contributed by atoms with Gasteiger partial charge in [0.15, 0.2) is 6.10 Å². The third kappa shape index (κ3) is 47.0. The number of unbranched alkanes of at least 4 members (excludes halogenated alkanes) is 18. The second-order valence-electron chi connectivity index (χ2n) is 15.8. The van der Waals surface area contributed by atoms with Crippen LogP contribution in [-0.4, -0.2) is 37.2 Å². The molecule has 0 fully saturated rings. The van der Waals surface area contributed by atoms with Gasteiger partial charge < -0.3 is 14.2 Å². The summed E-state index contributed by atoms with van der Waals surface area (Å²) in [5.74, 6) is -1.03. The molecule has 0 aromatic rings. The largest absolute Gasteiger partial charge is 0.462 e. The van der Waals surface area contributed by atoms with Crippen LogP contribution in [0.1, 0.15) is 201 Å². The fourth-order valence-electron chi connectivity index (χ4n) is 6.26. The number of hydrogen-bond acceptors (Lipinski definition) is 6. The summed E-state index contributed by atoms with van der Waals surface area (Å²) in [5, 5.41) is 0. The monoisotopic (exact) mass is 845 g/mol. The van der Waals surface area contributed by atoms with Gasteiger partial charge in [-0.1, -0.05) is 207 Å². The fourth-order valence-corrected chi connectivity index (χ4v) is 6.26. The Morgan fingerprint density at radius 2 is 0.738 bits per heavy atom. The lowest BCUT2D eigenvalue weighted by Gasteiger charge is -2.18. The average Bonchev–Trinajstić information content (AvgIpc) is 3.26. The van der Waals surface area contributed by atoms with Gasteiger partial charge in [0.25, 0.3) is 0 Å². The number of rotatable bonds is 42. The first-order valence-electron chi connectivity index (χ1n) is 24.5. The van der Waals surface area contributed by atoms with E-state index in [1.165, 1.54) is 51.4 Å². The van der Waals surface area contributed by atoms with Crippen molar-refractivity contribution in [2.24, 2.45) is 0 Å². The molecular weight excluding hydrogens is 757 g/mol. The Hall–Kier alpha value is -3.93. The van der Waals surface area contributed by atoms with Crippen LogP contribution >= 0.6 is 0 Å². The minimum absolute atomic E-state index is 0.122. The molecule has 0 saturated carbocycles. The minimum atomic E-state index is -0.828. The molecule has 1 atom stereocenters. The third-order valence-corrected chi connectivity index (χ3v) is 9.90. The highest BCUT2D eigenvalue weighted by molar-refractivity contribution is 5.71. The van der Waals surface area contributed by atoms with Gasteiger partial charge in [-0.05, 0) is 83.5 Å². The number of carbonyl (C=O) groups is 3. The Morgan fingerprint density at radius 3 is 1.25 bits per heavy atom. The van der Waals surface area contributed by atoms with E-state index in [-0.39, 0.29) is 31.6 Å². The Bertz CT molecular complexity index is 1290. The molecule has 0 aromatic heterocycles. The van der Waals surface area contributed by atoms with Gasteiger partial charge in [-0.25, -0.2) is 0 Å². The predicted molar refractivity (Wildman–Crippen MR) is 260 cm³/mol. The number of carbonyl (C=O) groups excluding carboxylic acids is 3. The van der Waals surface area contributed by atoms with Crippen LogP contribution in [0, 0.1) is 0 Å². The van der Waals surface area contributed by atoms with Crippen LogP contribution in [0.5, 0.6) is 0 Å². The van der Waals surface area contributed by atoms with Crippen molar-refractivity contribution in [1.29, 1.82) is 0 Å². The van der Waals surface area contributed by atoms with Crippen molar-refractivity contribution in [1.82, 2.24) is 0 Å². The van der Waals surface area contributed by atoms with Crippen LogP contribution in [0.25, 0.3) is 0 Å². The molecule has 0 rings (SSSR count). The molecular formula is C55H88O6. The van der Waals surface area contributed by atoms with Crippen molar-refractivity contribution < 1.29 is 28.6 Å². The maximum Gasteiger partial charge on any atom is 0.306 e. The van der Waals surface area contributed by atoms with E-state index in [0.29, 0.717) is 19.3 Å². The molecule has 0 amide bonds. The second kappa shape index (κ2) is 48.7. The molecule has 0 N–H and O–H groups in total. The smallest absolute Gasteiger partial charge is 0.306 e. The zero-order valence-corrected chi connectivity index (χ0v) is 39.1. The van der Waals surface area contributed by atoms with Crippen LogP contribution < -0.4 is 0 Å². The van der Waals surface area contributed by atoms with E-state index in [1.807, 2.05) is 54.7 Å². The van der Waals surface area contributed by atoms with Gasteiger partial charge in [-0.2, -0.15) is 0 Å². The summed E-state index contributed by atoms with van der Waals surface area (Å²) in [4.78, 5) is 37.8. The molecule has 6 nitrogen and oxygen atoms in total. The molecule has 0 bridgehead atoms. The van der Waals surface area contributed by atoms with Gasteiger partial charge in [0.2, 0.25) is 0 Å². The molecule has 0 saturated heterocycles. The zero-order valence-electron chi connectivity index (χ0n) is 39.1. The average molecular weight is 845 g/mol. The molecule has 1 unspecified atom stereocenters. The molecule has 0 aliphatic carbocycles. The number of allylic oxidation sites excluding steroid dienone is 18. The van der Waals surface area contributed by atoms with E-state index < -0.39 is 12.1 Å². The Balaban J connectivity index is 4.51. The van der Waals surface area contributed by atoms with Crippen LogP contribution in [0.15, 0.2) is 109 Å². The molecule has 0 aliphatic heterocycles. The summed E-state index contributed by atoms with van der Waals surface area (Å²) in [6.45, 7) is 6.27. The molecule has 0 spiro atoms. The summed E-state index contributed by atoms with van der Waals surface area (Å²) in [6.07, 6.45) is 65.1. The highest BCUT2D eigenvalue weighted by Gasteiger charge is 2.19. The number of esters is 3. The predicted octanol–water partition coefficient (Wildman–Crippen LogP) is 16.0. The van der Waals surface area contributed by atoms with Gasteiger partial charge >= 0.3 is 17.9 Å². The fraction of sp³-hybridized carbons (Fsp3) is 0.618. The summed E-state index contributed by atoms with van der Waals surface area (Å²) >= 11 is 0. The first kappa shape index (κ1) is 57.1. The van der Waals surface area contributed by atoms with E-state index in [1.54, 1.807) is 0 Å². The van der Waals surface area contributed by atoms with Gasteiger partial charge in [0.05, 0.1) is 0 Å². The quantitative estimate of drug-likeness (QED) is 0.0200. The van der Waals surface area contributed by atoms with Crippen molar-refractivity contribution in [2.75, 3.05) is 13.2 Å². The SMILES string of the molecule is CC\C=C/C=C\C=C/C=C\C=C/CCCC(=O)OC(COC(=O)CCCCCCC/C=C\C=C/CCCCCCCCC)COC(=O)CCCCCCC/C=C\C/C=C\CC. The third-order valence-electron chi connectivity index (χ3n) is 9.90. The lowest BCUT2D eigenvalue weighted by Crippen LogP contribution is -2.30. The second-order valence-corrected chi connectivity index (χ2v) is 15.8. The van der Waals surface area contributed by atoms with E-state index >= 15 is 0 Å². The van der Waals surface area contributed by atoms with E-state index in [0.717, 1.165) is 103 Å². The first-order chi connectivity index (χ1) is 30.0. The Morgan fingerprint density at radius 1 is 0.361 bits per heavy atom. The topological polar surface area (TPSA) is 78.9 Å². The summed E-state index contributed by atoms with van der Waals surface area (Å²) in [6, 6.07) is 0. The van der Waals surface area contributed by atoms with Crippen LogP contribution in [-0.2, 0) is 28.6 Å². The molecule has 6 heteroatoms. The Kier molecular flexibility index (Phi) is 45.6. The van der Waals surface area contributed by atoms with Crippen molar-refractivity contribution in [3.05, 3.63) is 109 Å². The highest BCUT2D eigenvalue weighted by Crippen LogP contribution is 2.12. The molecule has 61 heavy (non-hydrogen) atoms. The van der Waals surface area contributed by atoms with E-state index in [2.05, 4.69) is 75.5 Å².